The van der Waals surface area contributed by atoms with Crippen molar-refractivity contribution in [2.75, 3.05) is 20.9 Å². The Morgan fingerprint density at radius 2 is 2.11 bits per heavy atom. The summed E-state index contributed by atoms with van der Waals surface area (Å²) in [6.07, 6.45) is 9.28. The summed E-state index contributed by atoms with van der Waals surface area (Å²) >= 11 is 0. The first-order valence-corrected chi connectivity index (χ1v) is 9.91. The predicted octanol–water partition coefficient (Wildman–Crippen LogP) is 5.37. The Balaban J connectivity index is 2.29. The van der Waals surface area contributed by atoms with Gasteiger partial charge in [0.2, 0.25) is 0 Å². The molecule has 0 heterocycles. The van der Waals surface area contributed by atoms with Crippen molar-refractivity contribution in [3.63, 3.8) is 0 Å². The van der Waals surface area contributed by atoms with Crippen molar-refractivity contribution in [3.05, 3.63) is 34.9 Å². The molecular weight excluding hydrogens is 342 g/mol. The van der Waals surface area contributed by atoms with Crippen LogP contribution in [-0.2, 0) is 11.2 Å². The van der Waals surface area contributed by atoms with Crippen molar-refractivity contribution >= 4 is 6.09 Å². The first-order chi connectivity index (χ1) is 13.0. The molecule has 5 heteroatoms. The van der Waals surface area contributed by atoms with E-state index in [2.05, 4.69) is 19.9 Å². The molecule has 2 rings (SSSR count). The van der Waals surface area contributed by atoms with E-state index < -0.39 is 6.09 Å². The molecule has 1 aliphatic rings. The Labute approximate surface area is 163 Å². The highest BCUT2D eigenvalue weighted by molar-refractivity contribution is 5.66. The third-order valence-corrected chi connectivity index (χ3v) is 5.09. The fraction of sp³-hybridized carbons (Fsp3) is 0.591. The Morgan fingerprint density at radius 3 is 2.78 bits per heavy atom. The molecule has 1 N–H and O–H groups in total. The lowest BCUT2D eigenvalue weighted by molar-refractivity contribution is 0.0976. The molecule has 5 nitrogen and oxygen atoms in total. The van der Waals surface area contributed by atoms with Crippen molar-refractivity contribution in [1.29, 1.82) is 0 Å². The zero-order chi connectivity index (χ0) is 19.8. The quantitative estimate of drug-likeness (QED) is 0.377. The molecule has 1 unspecified atom stereocenters. The van der Waals surface area contributed by atoms with Gasteiger partial charge in [0, 0.05) is 18.5 Å². The molecule has 0 saturated carbocycles. The lowest BCUT2D eigenvalue weighted by Gasteiger charge is -2.25. The number of carbonyl (C=O) groups excluding carboxylic acids is 1. The Bertz CT molecular complexity index is 669. The highest BCUT2D eigenvalue weighted by Crippen LogP contribution is 2.42. The number of aryl methyl sites for hydroxylation is 1. The van der Waals surface area contributed by atoms with Crippen LogP contribution in [0.1, 0.15) is 69.4 Å². The molecule has 27 heavy (non-hydrogen) atoms. The van der Waals surface area contributed by atoms with Gasteiger partial charge < -0.3 is 14.6 Å². The maximum Gasteiger partial charge on any atom is 0.411 e. The van der Waals surface area contributed by atoms with E-state index in [1.807, 2.05) is 12.1 Å². The van der Waals surface area contributed by atoms with E-state index in [0.29, 0.717) is 5.75 Å². The van der Waals surface area contributed by atoms with Crippen LogP contribution < -0.4 is 4.74 Å². The molecule has 0 fully saturated rings. The number of phenols is 1. The number of unbranched alkanes of at least 4 members (excludes halogenated alkanes) is 2. The third-order valence-electron chi connectivity index (χ3n) is 5.09. The minimum absolute atomic E-state index is 0.0763. The molecular formula is C22H33NO4. The number of carbonyl (C=O) groups is 1. The Hall–Kier alpha value is -2.17. The van der Waals surface area contributed by atoms with Crippen LogP contribution in [0, 0.1) is 0 Å². The van der Waals surface area contributed by atoms with Crippen LogP contribution in [0.4, 0.5) is 4.79 Å². The van der Waals surface area contributed by atoms with E-state index in [4.69, 9.17) is 9.47 Å². The van der Waals surface area contributed by atoms with E-state index >= 15 is 0 Å². The number of amides is 1. The summed E-state index contributed by atoms with van der Waals surface area (Å²) in [4.78, 5) is 13.0. The third kappa shape index (κ3) is 5.91. The molecule has 0 bridgehead atoms. The number of aromatic hydroxyl groups is 1. The van der Waals surface area contributed by atoms with E-state index in [9.17, 15) is 9.90 Å². The van der Waals surface area contributed by atoms with E-state index in [0.717, 1.165) is 56.1 Å². The van der Waals surface area contributed by atoms with Gasteiger partial charge in [0.1, 0.15) is 11.5 Å². The number of hydrogen-bond acceptors (Lipinski definition) is 4. The van der Waals surface area contributed by atoms with Gasteiger partial charge in [-0.25, -0.2) is 4.79 Å². The molecule has 0 spiro atoms. The number of methoxy groups -OCH3 is 1. The van der Waals surface area contributed by atoms with Crippen molar-refractivity contribution in [1.82, 2.24) is 4.90 Å². The van der Waals surface area contributed by atoms with Crippen LogP contribution in [-0.4, -0.2) is 37.0 Å². The maximum atomic E-state index is 11.6. The van der Waals surface area contributed by atoms with Gasteiger partial charge in [-0.05, 0) is 56.7 Å². The number of allylic oxidation sites excluding steroid dienone is 2. The van der Waals surface area contributed by atoms with Crippen LogP contribution in [0.25, 0.3) is 0 Å². The zero-order valence-electron chi connectivity index (χ0n) is 17.1. The standard InChI is InChI=1S/C22H33NO4/c1-5-6-7-10-17-13-19(24)21(18-11-8-9-16(2)12-18)20(14-17)27-15-23(3)22(25)26-4/h12-14,18,24H,5-11,15H2,1-4H3. The van der Waals surface area contributed by atoms with Gasteiger partial charge in [-0.15, -0.1) is 0 Å². The molecule has 1 aliphatic carbocycles. The lowest BCUT2D eigenvalue weighted by Crippen LogP contribution is -2.30. The second-order valence-electron chi connectivity index (χ2n) is 7.44. The average molecular weight is 376 g/mol. The lowest BCUT2D eigenvalue weighted by atomic mass is 9.84. The molecule has 1 aromatic carbocycles. The summed E-state index contributed by atoms with van der Waals surface area (Å²) in [6.45, 7) is 4.39. The molecule has 0 saturated heterocycles. The topological polar surface area (TPSA) is 59.0 Å². The second kappa shape index (κ2) is 10.2. The van der Waals surface area contributed by atoms with Crippen LogP contribution >= 0.6 is 0 Å². The van der Waals surface area contributed by atoms with Gasteiger partial charge >= 0.3 is 6.09 Å². The number of ether oxygens (including phenoxy) is 2. The van der Waals surface area contributed by atoms with Crippen molar-refractivity contribution in [2.45, 2.75) is 64.7 Å². The maximum absolute atomic E-state index is 11.6. The normalized spacial score (nSPS) is 16.6. The first-order valence-electron chi connectivity index (χ1n) is 9.91. The Kier molecular flexibility index (Phi) is 8.01. The zero-order valence-corrected chi connectivity index (χ0v) is 17.1. The van der Waals surface area contributed by atoms with Crippen LogP contribution in [0.15, 0.2) is 23.8 Å². The largest absolute Gasteiger partial charge is 0.507 e. The van der Waals surface area contributed by atoms with Crippen LogP contribution in [0.3, 0.4) is 0 Å². The number of rotatable bonds is 8. The highest BCUT2D eigenvalue weighted by atomic mass is 16.6. The number of hydrogen-bond donors (Lipinski definition) is 1. The monoisotopic (exact) mass is 375 g/mol. The van der Waals surface area contributed by atoms with E-state index in [-0.39, 0.29) is 18.4 Å². The molecule has 1 aromatic rings. The Morgan fingerprint density at radius 1 is 1.33 bits per heavy atom. The molecule has 0 aromatic heterocycles. The van der Waals surface area contributed by atoms with Gasteiger partial charge in [-0.1, -0.05) is 31.4 Å². The summed E-state index contributed by atoms with van der Waals surface area (Å²) in [5.41, 5.74) is 3.23. The van der Waals surface area contributed by atoms with Crippen molar-refractivity contribution < 1.29 is 19.4 Å². The van der Waals surface area contributed by atoms with Gasteiger partial charge in [-0.2, -0.15) is 0 Å². The van der Waals surface area contributed by atoms with Gasteiger partial charge in [-0.3, -0.25) is 4.90 Å². The van der Waals surface area contributed by atoms with E-state index in [1.165, 1.54) is 17.6 Å². The SMILES string of the molecule is CCCCCc1cc(O)c(C2C=C(C)CCC2)c(OCN(C)C(=O)OC)c1. The predicted molar refractivity (Wildman–Crippen MR) is 107 cm³/mol. The van der Waals surface area contributed by atoms with Gasteiger partial charge in [0.05, 0.1) is 7.11 Å². The summed E-state index contributed by atoms with van der Waals surface area (Å²) in [5.74, 6) is 1.09. The molecule has 1 amide bonds. The van der Waals surface area contributed by atoms with Crippen molar-refractivity contribution in [3.8, 4) is 11.5 Å². The number of benzene rings is 1. The fourth-order valence-electron chi connectivity index (χ4n) is 3.60. The van der Waals surface area contributed by atoms with Crippen LogP contribution in [0.2, 0.25) is 0 Å². The second-order valence-corrected chi connectivity index (χ2v) is 7.44. The van der Waals surface area contributed by atoms with E-state index in [1.54, 1.807) is 7.05 Å². The summed E-state index contributed by atoms with van der Waals surface area (Å²) in [6, 6.07) is 3.90. The first kappa shape index (κ1) is 21.1. The molecule has 150 valence electrons. The minimum Gasteiger partial charge on any atom is -0.507 e. The van der Waals surface area contributed by atoms with Crippen molar-refractivity contribution in [2.24, 2.45) is 0 Å². The fourth-order valence-corrected chi connectivity index (χ4v) is 3.60. The summed E-state index contributed by atoms with van der Waals surface area (Å²) in [7, 11) is 2.97. The van der Waals surface area contributed by atoms with Crippen LogP contribution in [0.5, 0.6) is 11.5 Å². The molecule has 1 atom stereocenters. The number of nitrogens with zero attached hydrogens (tertiary/aromatic N) is 1. The molecule has 0 aliphatic heterocycles. The smallest absolute Gasteiger partial charge is 0.411 e. The minimum atomic E-state index is -0.451. The van der Waals surface area contributed by atoms with Gasteiger partial charge in [0.15, 0.2) is 6.73 Å². The average Bonchev–Trinajstić information content (AvgIpc) is 2.65. The number of phenolic OH excluding ortho intramolecular Hbond substituents is 1. The van der Waals surface area contributed by atoms with Gasteiger partial charge in [0.25, 0.3) is 0 Å². The molecule has 0 radical (unpaired) electrons. The summed E-state index contributed by atoms with van der Waals surface area (Å²) < 4.78 is 10.7. The summed E-state index contributed by atoms with van der Waals surface area (Å²) in [5, 5.41) is 10.8. The highest BCUT2D eigenvalue weighted by Gasteiger charge is 2.23.